The monoisotopic (exact) mass is 337 g/mol. The lowest BCUT2D eigenvalue weighted by molar-refractivity contribution is 0.164. The van der Waals surface area contributed by atoms with E-state index in [-0.39, 0.29) is 33.5 Å². The van der Waals surface area contributed by atoms with E-state index in [0.717, 1.165) is 19.3 Å². The molecule has 2 unspecified atom stereocenters. The number of nitrogens with one attached hydrogen (secondary N) is 1. The largest absolute Gasteiger partial charge is 0.396 e. The van der Waals surface area contributed by atoms with Crippen molar-refractivity contribution in [3.8, 4) is 0 Å². The van der Waals surface area contributed by atoms with Crippen LogP contribution in [-0.2, 0) is 10.0 Å². The van der Waals surface area contributed by atoms with Crippen LogP contribution in [0, 0.1) is 5.92 Å². The van der Waals surface area contributed by atoms with E-state index in [2.05, 4.69) is 4.72 Å². The Morgan fingerprint density at radius 2 is 1.80 bits per heavy atom. The summed E-state index contributed by atoms with van der Waals surface area (Å²) in [6.45, 7) is -0.0244. The maximum atomic E-state index is 12.4. The number of benzene rings is 1. The zero-order valence-electron chi connectivity index (χ0n) is 10.9. The van der Waals surface area contributed by atoms with Crippen LogP contribution in [0.5, 0.6) is 0 Å². The number of aliphatic hydroxyl groups is 1. The molecule has 112 valence electrons. The van der Waals surface area contributed by atoms with Gasteiger partial charge in [0.25, 0.3) is 0 Å². The van der Waals surface area contributed by atoms with Crippen LogP contribution < -0.4 is 4.72 Å². The van der Waals surface area contributed by atoms with Crippen molar-refractivity contribution in [1.82, 2.24) is 4.72 Å². The van der Waals surface area contributed by atoms with E-state index in [1.807, 2.05) is 0 Å². The summed E-state index contributed by atoms with van der Waals surface area (Å²) in [6, 6.07) is 4.31. The molecule has 0 saturated heterocycles. The Bertz CT molecular complexity index is 557. The highest BCUT2D eigenvalue weighted by atomic mass is 35.5. The first-order valence-electron chi connectivity index (χ1n) is 6.53. The molecule has 0 aliphatic heterocycles. The van der Waals surface area contributed by atoms with Crippen LogP contribution >= 0.6 is 23.2 Å². The molecule has 2 atom stereocenters. The van der Waals surface area contributed by atoms with E-state index in [9.17, 15) is 13.5 Å². The first kappa shape index (κ1) is 16.0. The lowest BCUT2D eigenvalue weighted by Gasteiger charge is -2.30. The van der Waals surface area contributed by atoms with Gasteiger partial charge in [-0.2, -0.15) is 0 Å². The van der Waals surface area contributed by atoms with Crippen molar-refractivity contribution in [2.75, 3.05) is 6.61 Å². The van der Waals surface area contributed by atoms with Crippen LogP contribution in [-0.4, -0.2) is 26.2 Å². The molecule has 4 nitrogen and oxygen atoms in total. The minimum atomic E-state index is -3.79. The number of aliphatic hydroxyl groups excluding tert-OH is 1. The maximum absolute atomic E-state index is 12.4. The van der Waals surface area contributed by atoms with Gasteiger partial charge in [-0.1, -0.05) is 42.1 Å². The van der Waals surface area contributed by atoms with Crippen molar-refractivity contribution in [2.45, 2.75) is 36.6 Å². The zero-order chi connectivity index (χ0) is 14.8. The Kier molecular flexibility index (Phi) is 5.31. The third-order valence-corrected chi connectivity index (χ3v) is 6.08. The molecule has 2 N–H and O–H groups in total. The normalized spacial score (nSPS) is 23.8. The van der Waals surface area contributed by atoms with Gasteiger partial charge in [0.05, 0.1) is 10.0 Å². The summed E-state index contributed by atoms with van der Waals surface area (Å²) in [4.78, 5) is -0.0920. The number of hydrogen-bond donors (Lipinski definition) is 2. The Morgan fingerprint density at radius 3 is 2.40 bits per heavy atom. The molecule has 0 amide bonds. The van der Waals surface area contributed by atoms with Gasteiger partial charge in [0.15, 0.2) is 0 Å². The lowest BCUT2D eigenvalue weighted by Crippen LogP contribution is -2.43. The van der Waals surface area contributed by atoms with Crippen LogP contribution in [0.2, 0.25) is 10.0 Å². The van der Waals surface area contributed by atoms with Gasteiger partial charge in [0.2, 0.25) is 10.0 Å². The lowest BCUT2D eigenvalue weighted by atomic mass is 9.86. The van der Waals surface area contributed by atoms with Gasteiger partial charge in [0.1, 0.15) is 4.90 Å². The average Bonchev–Trinajstić information content (AvgIpc) is 2.38. The molecular weight excluding hydrogens is 321 g/mol. The molecule has 0 bridgehead atoms. The van der Waals surface area contributed by atoms with Crippen LogP contribution in [0.4, 0.5) is 0 Å². The predicted molar refractivity (Wildman–Crippen MR) is 79.6 cm³/mol. The highest BCUT2D eigenvalue weighted by Gasteiger charge is 2.31. The molecule has 20 heavy (non-hydrogen) atoms. The highest BCUT2D eigenvalue weighted by molar-refractivity contribution is 7.89. The molecular formula is C13H17Cl2NO3S. The third kappa shape index (κ3) is 3.46. The molecule has 1 aromatic carbocycles. The van der Waals surface area contributed by atoms with Crippen molar-refractivity contribution in [3.05, 3.63) is 28.2 Å². The summed E-state index contributed by atoms with van der Waals surface area (Å²) >= 11 is 11.9. The molecule has 1 aromatic rings. The first-order chi connectivity index (χ1) is 9.45. The molecule has 0 radical (unpaired) electrons. The quantitative estimate of drug-likeness (QED) is 0.887. The van der Waals surface area contributed by atoms with Gasteiger partial charge in [0, 0.05) is 12.6 Å². The van der Waals surface area contributed by atoms with Gasteiger partial charge in [-0.25, -0.2) is 13.1 Å². The van der Waals surface area contributed by atoms with Crippen molar-refractivity contribution >= 4 is 33.2 Å². The average molecular weight is 338 g/mol. The minimum absolute atomic E-state index is 0.0244. The van der Waals surface area contributed by atoms with Gasteiger partial charge >= 0.3 is 0 Å². The molecule has 2 rings (SSSR count). The van der Waals surface area contributed by atoms with Gasteiger partial charge < -0.3 is 5.11 Å². The molecule has 1 fully saturated rings. The Balaban J connectivity index is 2.27. The summed E-state index contributed by atoms with van der Waals surface area (Å²) < 4.78 is 27.5. The molecule has 7 heteroatoms. The second-order valence-corrected chi connectivity index (χ2v) is 7.47. The zero-order valence-corrected chi connectivity index (χ0v) is 13.2. The van der Waals surface area contributed by atoms with Crippen molar-refractivity contribution in [3.63, 3.8) is 0 Å². The summed E-state index contributed by atoms with van der Waals surface area (Å²) in [7, 11) is -3.79. The molecule has 1 aliphatic rings. The summed E-state index contributed by atoms with van der Waals surface area (Å²) in [5, 5.41) is 9.55. The van der Waals surface area contributed by atoms with Crippen LogP contribution in [0.1, 0.15) is 25.7 Å². The molecule has 0 aromatic heterocycles. The van der Waals surface area contributed by atoms with Crippen LogP contribution in [0.3, 0.4) is 0 Å². The summed E-state index contributed by atoms with van der Waals surface area (Å²) in [6.07, 6.45) is 3.49. The fourth-order valence-electron chi connectivity index (χ4n) is 2.58. The minimum Gasteiger partial charge on any atom is -0.396 e. The Morgan fingerprint density at radius 1 is 1.20 bits per heavy atom. The predicted octanol–water partition coefficient (Wildman–Crippen LogP) is 2.82. The fraction of sp³-hybridized carbons (Fsp3) is 0.538. The molecule has 0 spiro atoms. The fourth-order valence-corrected chi connectivity index (χ4v) is 5.06. The van der Waals surface area contributed by atoms with E-state index in [1.54, 1.807) is 6.07 Å². The third-order valence-electron chi connectivity index (χ3n) is 3.64. The molecule has 1 saturated carbocycles. The van der Waals surface area contributed by atoms with E-state index in [4.69, 9.17) is 23.2 Å². The van der Waals surface area contributed by atoms with Crippen molar-refractivity contribution < 1.29 is 13.5 Å². The number of hydrogen-bond acceptors (Lipinski definition) is 3. The Labute approximate surface area is 129 Å². The topological polar surface area (TPSA) is 66.4 Å². The number of rotatable bonds is 4. The number of sulfonamides is 1. The van der Waals surface area contributed by atoms with E-state index >= 15 is 0 Å². The van der Waals surface area contributed by atoms with E-state index in [1.165, 1.54) is 12.1 Å². The number of halogens is 2. The van der Waals surface area contributed by atoms with Gasteiger partial charge in [-0.3, -0.25) is 0 Å². The van der Waals surface area contributed by atoms with Gasteiger partial charge in [-0.15, -0.1) is 0 Å². The van der Waals surface area contributed by atoms with E-state index in [0.29, 0.717) is 6.42 Å². The Hall–Kier alpha value is -0.330. The second kappa shape index (κ2) is 6.62. The van der Waals surface area contributed by atoms with E-state index < -0.39 is 10.0 Å². The van der Waals surface area contributed by atoms with Crippen LogP contribution in [0.15, 0.2) is 23.1 Å². The maximum Gasteiger partial charge on any atom is 0.243 e. The van der Waals surface area contributed by atoms with Gasteiger partial charge in [-0.05, 0) is 30.9 Å². The standard InChI is InChI=1S/C13H17Cl2NO3S/c14-10-5-3-6-11(15)13(10)20(18,19)16-12-7-2-1-4-9(12)8-17/h3,5-6,9,12,16-17H,1-2,4,7-8H2. The van der Waals surface area contributed by atoms with Crippen molar-refractivity contribution in [2.24, 2.45) is 5.92 Å². The summed E-state index contributed by atoms with van der Waals surface area (Å²) in [5.74, 6) is -0.0558. The second-order valence-electron chi connectivity index (χ2n) is 5.01. The van der Waals surface area contributed by atoms with Crippen LogP contribution in [0.25, 0.3) is 0 Å². The first-order valence-corrected chi connectivity index (χ1v) is 8.77. The SMILES string of the molecule is O=S(=O)(NC1CCCCC1CO)c1c(Cl)cccc1Cl. The molecule has 1 aliphatic carbocycles. The highest BCUT2D eigenvalue weighted by Crippen LogP contribution is 2.31. The molecule has 0 heterocycles. The smallest absolute Gasteiger partial charge is 0.243 e. The summed E-state index contributed by atoms with van der Waals surface area (Å²) in [5.41, 5.74) is 0. The van der Waals surface area contributed by atoms with Crippen molar-refractivity contribution in [1.29, 1.82) is 0 Å².